The monoisotopic (exact) mass is 392 g/mol. The van der Waals surface area contributed by atoms with Crippen molar-refractivity contribution in [3.05, 3.63) is 114 Å². The van der Waals surface area contributed by atoms with Gasteiger partial charge < -0.3 is 5.11 Å². The summed E-state index contributed by atoms with van der Waals surface area (Å²) in [4.78, 5) is 13.3. The lowest BCUT2D eigenvalue weighted by Crippen LogP contribution is -2.03. The summed E-state index contributed by atoms with van der Waals surface area (Å²) in [5.74, 6) is 0.165. The Kier molecular flexibility index (Phi) is 5.49. The molecule has 2 nitrogen and oxygen atoms in total. The quantitative estimate of drug-likeness (QED) is 0.368. The predicted molar refractivity (Wildman–Crippen MR) is 123 cm³/mol. The van der Waals surface area contributed by atoms with Gasteiger partial charge in [0.1, 0.15) is 5.75 Å². The van der Waals surface area contributed by atoms with Crippen LogP contribution in [-0.2, 0) is 0 Å². The fourth-order valence-electron chi connectivity index (χ4n) is 3.81. The van der Waals surface area contributed by atoms with Gasteiger partial charge in [-0.15, -0.1) is 0 Å². The second-order valence-electron chi connectivity index (χ2n) is 7.72. The SMILES string of the molecule is CC(C)c1ccccc1-c1cc(C(=O)c2ccccc2)c(O)c(-c2ccccc2)c1. The van der Waals surface area contributed by atoms with Crippen molar-refractivity contribution in [3.63, 3.8) is 0 Å². The summed E-state index contributed by atoms with van der Waals surface area (Å²) in [7, 11) is 0. The smallest absolute Gasteiger partial charge is 0.196 e. The maximum Gasteiger partial charge on any atom is 0.196 e. The first-order valence-corrected chi connectivity index (χ1v) is 10.2. The Bertz CT molecular complexity index is 1180. The molecule has 0 bridgehead atoms. The number of benzene rings is 4. The van der Waals surface area contributed by atoms with Crippen LogP contribution in [0.1, 0.15) is 41.3 Å². The van der Waals surface area contributed by atoms with Crippen LogP contribution in [0.3, 0.4) is 0 Å². The normalized spacial score (nSPS) is 10.9. The van der Waals surface area contributed by atoms with Crippen LogP contribution in [-0.4, -0.2) is 10.9 Å². The van der Waals surface area contributed by atoms with Gasteiger partial charge in [0.2, 0.25) is 0 Å². The molecule has 4 rings (SSSR count). The van der Waals surface area contributed by atoms with E-state index < -0.39 is 0 Å². The lowest BCUT2D eigenvalue weighted by Gasteiger charge is -2.17. The molecule has 0 radical (unpaired) electrons. The van der Waals surface area contributed by atoms with Crippen molar-refractivity contribution in [3.8, 4) is 28.0 Å². The predicted octanol–water partition coefficient (Wildman–Crippen LogP) is 7.08. The number of phenols is 1. The third kappa shape index (κ3) is 3.77. The second kappa shape index (κ2) is 8.38. The van der Waals surface area contributed by atoms with E-state index in [1.165, 1.54) is 5.56 Å². The molecule has 0 amide bonds. The molecule has 0 saturated heterocycles. The molecule has 4 aromatic carbocycles. The van der Waals surface area contributed by atoms with Gasteiger partial charge in [0.15, 0.2) is 5.78 Å². The van der Waals surface area contributed by atoms with Crippen LogP contribution < -0.4 is 0 Å². The van der Waals surface area contributed by atoms with E-state index in [1.54, 1.807) is 12.1 Å². The Hall–Kier alpha value is -3.65. The minimum Gasteiger partial charge on any atom is -0.507 e. The van der Waals surface area contributed by atoms with Crippen molar-refractivity contribution in [2.75, 3.05) is 0 Å². The van der Waals surface area contributed by atoms with Crippen molar-refractivity contribution in [2.45, 2.75) is 19.8 Å². The van der Waals surface area contributed by atoms with Crippen molar-refractivity contribution in [2.24, 2.45) is 0 Å². The number of phenolic OH excluding ortho intramolecular Hbond substituents is 1. The van der Waals surface area contributed by atoms with Crippen LogP contribution in [0.5, 0.6) is 5.75 Å². The number of aromatic hydroxyl groups is 1. The Morgan fingerprint density at radius 3 is 1.97 bits per heavy atom. The van der Waals surface area contributed by atoms with E-state index in [0.29, 0.717) is 22.6 Å². The maximum atomic E-state index is 13.3. The molecule has 2 heteroatoms. The van der Waals surface area contributed by atoms with Crippen LogP contribution in [0, 0.1) is 0 Å². The van der Waals surface area contributed by atoms with Crippen LogP contribution in [0.25, 0.3) is 22.3 Å². The molecule has 0 aliphatic rings. The lowest BCUT2D eigenvalue weighted by molar-refractivity contribution is 0.103. The fourth-order valence-corrected chi connectivity index (χ4v) is 3.81. The van der Waals surface area contributed by atoms with Gasteiger partial charge in [-0.3, -0.25) is 4.79 Å². The van der Waals surface area contributed by atoms with Gasteiger partial charge in [-0.25, -0.2) is 0 Å². The average molecular weight is 392 g/mol. The molecule has 0 aliphatic carbocycles. The maximum absolute atomic E-state index is 13.3. The number of hydrogen-bond acceptors (Lipinski definition) is 2. The van der Waals surface area contributed by atoms with Gasteiger partial charge in [-0.1, -0.05) is 98.8 Å². The number of carbonyl (C=O) groups is 1. The summed E-state index contributed by atoms with van der Waals surface area (Å²) < 4.78 is 0. The highest BCUT2D eigenvalue weighted by molar-refractivity contribution is 6.12. The molecule has 4 aromatic rings. The molecule has 0 aliphatic heterocycles. The molecular formula is C28H24O2. The van der Waals surface area contributed by atoms with Crippen molar-refractivity contribution >= 4 is 5.78 Å². The molecule has 0 saturated carbocycles. The number of rotatable bonds is 5. The molecule has 0 heterocycles. The van der Waals surface area contributed by atoms with E-state index in [2.05, 4.69) is 26.0 Å². The first kappa shape index (κ1) is 19.7. The van der Waals surface area contributed by atoms with Crippen LogP contribution in [0.15, 0.2) is 97.1 Å². The van der Waals surface area contributed by atoms with Gasteiger partial charge in [0.05, 0.1) is 5.56 Å². The van der Waals surface area contributed by atoms with Crippen LogP contribution in [0.2, 0.25) is 0 Å². The van der Waals surface area contributed by atoms with E-state index in [4.69, 9.17) is 0 Å². The topological polar surface area (TPSA) is 37.3 Å². The van der Waals surface area contributed by atoms with Gasteiger partial charge in [-0.05, 0) is 40.3 Å². The average Bonchev–Trinajstić information content (AvgIpc) is 2.80. The summed E-state index contributed by atoms with van der Waals surface area (Å²) in [6, 6.07) is 30.8. The summed E-state index contributed by atoms with van der Waals surface area (Å²) in [5.41, 5.74) is 5.62. The van der Waals surface area contributed by atoms with Gasteiger partial charge in [0, 0.05) is 11.1 Å². The summed E-state index contributed by atoms with van der Waals surface area (Å²) in [6.45, 7) is 4.32. The summed E-state index contributed by atoms with van der Waals surface area (Å²) >= 11 is 0. The zero-order valence-electron chi connectivity index (χ0n) is 17.2. The fraction of sp³-hybridized carbons (Fsp3) is 0.107. The molecule has 0 atom stereocenters. The Balaban J connectivity index is 1.97. The minimum atomic E-state index is -0.186. The molecular weight excluding hydrogens is 368 g/mol. The van der Waals surface area contributed by atoms with E-state index in [9.17, 15) is 9.90 Å². The number of carbonyl (C=O) groups excluding carboxylic acids is 1. The molecule has 0 unspecified atom stereocenters. The molecule has 148 valence electrons. The Morgan fingerprint density at radius 2 is 1.30 bits per heavy atom. The third-order valence-corrected chi connectivity index (χ3v) is 5.37. The zero-order valence-corrected chi connectivity index (χ0v) is 17.2. The standard InChI is InChI=1S/C28H24O2/c1-19(2)23-15-9-10-16-24(23)22-17-25(20-11-5-3-6-12-20)28(30)26(18-22)27(29)21-13-7-4-8-14-21/h3-19,30H,1-2H3. The summed E-state index contributed by atoms with van der Waals surface area (Å²) in [6.07, 6.45) is 0. The third-order valence-electron chi connectivity index (χ3n) is 5.37. The first-order valence-electron chi connectivity index (χ1n) is 10.2. The lowest BCUT2D eigenvalue weighted by atomic mass is 9.88. The van der Waals surface area contributed by atoms with Gasteiger partial charge >= 0.3 is 0 Å². The summed E-state index contributed by atoms with van der Waals surface area (Å²) in [5, 5.41) is 11.1. The van der Waals surface area contributed by atoms with Gasteiger partial charge in [-0.2, -0.15) is 0 Å². The second-order valence-corrected chi connectivity index (χ2v) is 7.72. The highest BCUT2D eigenvalue weighted by atomic mass is 16.3. The molecule has 0 fully saturated rings. The van der Waals surface area contributed by atoms with E-state index in [0.717, 1.165) is 16.7 Å². The number of ketones is 1. The van der Waals surface area contributed by atoms with Crippen LogP contribution in [0.4, 0.5) is 0 Å². The van der Waals surface area contributed by atoms with Crippen LogP contribution >= 0.6 is 0 Å². The minimum absolute atomic E-state index is 0.0147. The van der Waals surface area contributed by atoms with Crippen molar-refractivity contribution in [1.29, 1.82) is 0 Å². The Labute approximate surface area is 177 Å². The largest absolute Gasteiger partial charge is 0.507 e. The van der Waals surface area contributed by atoms with E-state index in [-0.39, 0.29) is 11.5 Å². The molecule has 0 spiro atoms. The zero-order chi connectivity index (χ0) is 21.1. The molecule has 0 aromatic heterocycles. The van der Waals surface area contributed by atoms with Crippen molar-refractivity contribution in [1.82, 2.24) is 0 Å². The van der Waals surface area contributed by atoms with Gasteiger partial charge in [0.25, 0.3) is 0 Å². The highest BCUT2D eigenvalue weighted by Gasteiger charge is 2.20. The first-order chi connectivity index (χ1) is 14.6. The number of hydrogen-bond donors (Lipinski definition) is 1. The van der Waals surface area contributed by atoms with Crippen molar-refractivity contribution < 1.29 is 9.90 Å². The van der Waals surface area contributed by atoms with E-state index in [1.807, 2.05) is 72.8 Å². The van der Waals surface area contributed by atoms with E-state index >= 15 is 0 Å². The molecule has 30 heavy (non-hydrogen) atoms. The Morgan fingerprint density at radius 1 is 0.700 bits per heavy atom. The highest BCUT2D eigenvalue weighted by Crippen LogP contribution is 2.39. The molecule has 1 N–H and O–H groups in total.